The molecular formula is C16H26N2O3. The molecular weight excluding hydrogens is 268 g/mol. The van der Waals surface area contributed by atoms with Gasteiger partial charge in [-0.3, -0.25) is 4.79 Å². The van der Waals surface area contributed by atoms with E-state index in [9.17, 15) is 4.79 Å². The second-order valence-electron chi connectivity index (χ2n) is 5.02. The van der Waals surface area contributed by atoms with Gasteiger partial charge in [0.25, 0.3) is 0 Å². The molecule has 5 nitrogen and oxygen atoms in total. The molecule has 0 aliphatic heterocycles. The van der Waals surface area contributed by atoms with Crippen LogP contribution in [0, 0.1) is 5.92 Å². The van der Waals surface area contributed by atoms with Gasteiger partial charge in [0.1, 0.15) is 0 Å². The average Bonchev–Trinajstić information content (AvgIpc) is 2.51. The number of hydrogen-bond donors (Lipinski definition) is 2. The van der Waals surface area contributed by atoms with Gasteiger partial charge < -0.3 is 20.5 Å². The van der Waals surface area contributed by atoms with Crippen LogP contribution in [0.25, 0.3) is 0 Å². The highest BCUT2D eigenvalue weighted by molar-refractivity contribution is 5.78. The molecule has 1 aromatic carbocycles. The largest absolute Gasteiger partial charge is 0.493 e. The van der Waals surface area contributed by atoms with E-state index in [-0.39, 0.29) is 5.91 Å². The lowest BCUT2D eigenvalue weighted by molar-refractivity contribution is -0.120. The van der Waals surface area contributed by atoms with Crippen molar-refractivity contribution in [2.75, 3.05) is 27.3 Å². The number of hydrogen-bond acceptors (Lipinski definition) is 4. The summed E-state index contributed by atoms with van der Waals surface area (Å²) in [5.74, 6) is 1.76. The summed E-state index contributed by atoms with van der Waals surface area (Å²) in [6.45, 7) is 3.45. The Labute approximate surface area is 126 Å². The molecule has 0 aliphatic rings. The van der Waals surface area contributed by atoms with Crippen LogP contribution in [0.2, 0.25) is 0 Å². The molecule has 1 amide bonds. The first kappa shape index (κ1) is 17.3. The lowest BCUT2D eigenvalue weighted by Gasteiger charge is -2.15. The molecule has 3 N–H and O–H groups in total. The van der Waals surface area contributed by atoms with E-state index in [1.165, 1.54) is 0 Å². The van der Waals surface area contributed by atoms with Gasteiger partial charge in [-0.25, -0.2) is 0 Å². The first-order valence-electron chi connectivity index (χ1n) is 7.32. The van der Waals surface area contributed by atoms with Crippen molar-refractivity contribution in [3.63, 3.8) is 0 Å². The maximum absolute atomic E-state index is 12.0. The van der Waals surface area contributed by atoms with Crippen LogP contribution < -0.4 is 20.5 Å². The van der Waals surface area contributed by atoms with Crippen molar-refractivity contribution in [2.24, 2.45) is 11.7 Å². The second kappa shape index (κ2) is 9.23. The predicted octanol–water partition coefficient (Wildman–Crippen LogP) is 1.74. The van der Waals surface area contributed by atoms with Gasteiger partial charge in [0.2, 0.25) is 5.91 Å². The zero-order valence-corrected chi connectivity index (χ0v) is 13.1. The molecule has 21 heavy (non-hydrogen) atoms. The molecule has 0 spiro atoms. The smallest absolute Gasteiger partial charge is 0.224 e. The fourth-order valence-electron chi connectivity index (χ4n) is 2.18. The fourth-order valence-corrected chi connectivity index (χ4v) is 2.18. The molecule has 0 bridgehead atoms. The highest BCUT2D eigenvalue weighted by atomic mass is 16.5. The quantitative estimate of drug-likeness (QED) is 0.727. The molecule has 0 saturated carbocycles. The topological polar surface area (TPSA) is 73.6 Å². The van der Waals surface area contributed by atoms with Crippen molar-refractivity contribution >= 4 is 5.91 Å². The van der Waals surface area contributed by atoms with E-state index < -0.39 is 0 Å². The molecule has 1 rings (SSSR count). The van der Waals surface area contributed by atoms with Crippen molar-refractivity contribution < 1.29 is 14.3 Å². The van der Waals surface area contributed by atoms with Crippen LogP contribution in [0.15, 0.2) is 18.2 Å². The highest BCUT2D eigenvalue weighted by Crippen LogP contribution is 2.27. The summed E-state index contributed by atoms with van der Waals surface area (Å²) >= 11 is 0. The van der Waals surface area contributed by atoms with Crippen LogP contribution in [0.1, 0.15) is 25.3 Å². The van der Waals surface area contributed by atoms with E-state index >= 15 is 0 Å². The minimum Gasteiger partial charge on any atom is -0.493 e. The van der Waals surface area contributed by atoms with Crippen LogP contribution in [-0.4, -0.2) is 33.2 Å². The van der Waals surface area contributed by atoms with Crippen molar-refractivity contribution in [1.82, 2.24) is 5.32 Å². The van der Waals surface area contributed by atoms with Gasteiger partial charge in [0.05, 0.1) is 20.6 Å². The van der Waals surface area contributed by atoms with E-state index in [4.69, 9.17) is 15.2 Å². The number of amides is 1. The van der Waals surface area contributed by atoms with Crippen molar-refractivity contribution in [3.05, 3.63) is 23.8 Å². The van der Waals surface area contributed by atoms with Gasteiger partial charge in [-0.2, -0.15) is 0 Å². The molecule has 1 unspecified atom stereocenters. The van der Waals surface area contributed by atoms with Gasteiger partial charge in [0.15, 0.2) is 11.5 Å². The third-order valence-electron chi connectivity index (χ3n) is 3.55. The molecule has 5 heteroatoms. The third kappa shape index (κ3) is 5.63. The molecule has 0 heterocycles. The Bertz CT molecular complexity index is 449. The van der Waals surface area contributed by atoms with Crippen LogP contribution in [0.3, 0.4) is 0 Å². The Hall–Kier alpha value is -1.75. The number of ether oxygens (including phenoxy) is 2. The summed E-state index contributed by atoms with van der Waals surface area (Å²) in [7, 11) is 3.17. The Morgan fingerprint density at radius 3 is 2.57 bits per heavy atom. The summed E-state index contributed by atoms with van der Waals surface area (Å²) in [5, 5.41) is 2.97. The molecule has 1 atom stereocenters. The van der Waals surface area contributed by atoms with E-state index in [0.29, 0.717) is 36.9 Å². The number of benzene rings is 1. The number of nitrogens with one attached hydrogen (secondary N) is 1. The first-order valence-corrected chi connectivity index (χ1v) is 7.32. The van der Waals surface area contributed by atoms with Crippen molar-refractivity contribution in [1.29, 1.82) is 0 Å². The average molecular weight is 294 g/mol. The van der Waals surface area contributed by atoms with Crippen LogP contribution in [0.4, 0.5) is 0 Å². The van der Waals surface area contributed by atoms with E-state index in [2.05, 4.69) is 12.2 Å². The second-order valence-corrected chi connectivity index (χ2v) is 5.02. The summed E-state index contributed by atoms with van der Waals surface area (Å²) in [5.41, 5.74) is 6.46. The monoisotopic (exact) mass is 294 g/mol. The van der Waals surface area contributed by atoms with Gasteiger partial charge in [-0.15, -0.1) is 0 Å². The van der Waals surface area contributed by atoms with Gasteiger partial charge in [-0.05, 0) is 36.6 Å². The molecule has 1 aromatic rings. The molecule has 0 aliphatic carbocycles. The standard InChI is InChI=1S/C16H26N2O3/c1-4-12(7-8-17)11-18-16(19)10-13-5-6-14(20-2)15(9-13)21-3/h5-6,9,12H,4,7-8,10-11,17H2,1-3H3,(H,18,19). The van der Waals surface area contributed by atoms with E-state index in [1.54, 1.807) is 14.2 Å². The zero-order chi connectivity index (χ0) is 15.7. The third-order valence-corrected chi connectivity index (χ3v) is 3.55. The predicted molar refractivity (Wildman–Crippen MR) is 83.7 cm³/mol. The molecule has 118 valence electrons. The van der Waals surface area contributed by atoms with Gasteiger partial charge in [-0.1, -0.05) is 19.4 Å². The van der Waals surface area contributed by atoms with Gasteiger partial charge in [0, 0.05) is 6.54 Å². The lowest BCUT2D eigenvalue weighted by atomic mass is 10.0. The zero-order valence-electron chi connectivity index (χ0n) is 13.1. The maximum Gasteiger partial charge on any atom is 0.224 e. The van der Waals surface area contributed by atoms with Crippen LogP contribution in [-0.2, 0) is 11.2 Å². The lowest BCUT2D eigenvalue weighted by Crippen LogP contribution is -2.31. The number of nitrogens with two attached hydrogens (primary N) is 1. The van der Waals surface area contributed by atoms with Crippen molar-refractivity contribution in [2.45, 2.75) is 26.2 Å². The van der Waals surface area contributed by atoms with Crippen LogP contribution in [0.5, 0.6) is 11.5 Å². The Morgan fingerprint density at radius 2 is 2.00 bits per heavy atom. The SMILES string of the molecule is CCC(CCN)CNC(=O)Cc1ccc(OC)c(OC)c1. The van der Waals surface area contributed by atoms with E-state index in [0.717, 1.165) is 18.4 Å². The van der Waals surface area contributed by atoms with Gasteiger partial charge >= 0.3 is 0 Å². The maximum atomic E-state index is 12.0. The number of rotatable bonds is 9. The Kier molecular flexibility index (Phi) is 7.61. The summed E-state index contributed by atoms with van der Waals surface area (Å²) < 4.78 is 10.4. The fraction of sp³-hybridized carbons (Fsp3) is 0.562. The molecule has 0 fully saturated rings. The molecule has 0 radical (unpaired) electrons. The van der Waals surface area contributed by atoms with Crippen molar-refractivity contribution in [3.8, 4) is 11.5 Å². The Morgan fingerprint density at radius 1 is 1.29 bits per heavy atom. The minimum atomic E-state index is 0.0118. The molecule has 0 aromatic heterocycles. The minimum absolute atomic E-state index is 0.0118. The summed E-state index contributed by atoms with van der Waals surface area (Å²) in [4.78, 5) is 12.0. The van der Waals surface area contributed by atoms with Crippen LogP contribution >= 0.6 is 0 Å². The number of carbonyl (C=O) groups is 1. The normalized spacial score (nSPS) is 11.8. The highest BCUT2D eigenvalue weighted by Gasteiger charge is 2.10. The van der Waals surface area contributed by atoms with E-state index in [1.807, 2.05) is 18.2 Å². The Balaban J connectivity index is 2.54. The summed E-state index contributed by atoms with van der Waals surface area (Å²) in [6, 6.07) is 5.51. The number of methoxy groups -OCH3 is 2. The molecule has 0 saturated heterocycles. The first-order chi connectivity index (χ1) is 10.1. The summed E-state index contributed by atoms with van der Waals surface area (Å²) in [6.07, 6.45) is 2.29. The number of carbonyl (C=O) groups excluding carboxylic acids is 1.